The molecule has 0 amide bonds. The summed E-state index contributed by atoms with van der Waals surface area (Å²) in [6.07, 6.45) is 0. The van der Waals surface area contributed by atoms with Gasteiger partial charge in [-0.05, 0) is 18.2 Å². The summed E-state index contributed by atoms with van der Waals surface area (Å²) < 4.78 is 5.67. The molecule has 0 aliphatic heterocycles. The predicted molar refractivity (Wildman–Crippen MR) is 79.2 cm³/mol. The summed E-state index contributed by atoms with van der Waals surface area (Å²) in [7, 11) is 0. The second-order valence-electron chi connectivity index (χ2n) is 4.51. The number of nitrogen functional groups attached to an aromatic ring is 1. The molecule has 0 fully saturated rings. The van der Waals surface area contributed by atoms with Gasteiger partial charge in [-0.1, -0.05) is 36.4 Å². The maximum Gasteiger partial charge on any atom is 0.130 e. The van der Waals surface area contributed by atoms with Crippen LogP contribution in [-0.4, -0.2) is 10.2 Å². The van der Waals surface area contributed by atoms with Crippen LogP contribution in [0.25, 0.3) is 11.3 Å². The van der Waals surface area contributed by atoms with Crippen molar-refractivity contribution in [3.05, 3.63) is 66.4 Å². The molecular weight excluding hydrogens is 250 g/mol. The SMILES string of the molecule is Nc1cccc(OCc2cc(-c3ccccc3)n[nH]2)c1. The van der Waals surface area contributed by atoms with Crippen molar-refractivity contribution in [2.45, 2.75) is 6.61 Å². The minimum atomic E-state index is 0.434. The van der Waals surface area contributed by atoms with Crippen molar-refractivity contribution in [2.75, 3.05) is 5.73 Å². The molecule has 1 aromatic heterocycles. The fourth-order valence-electron chi connectivity index (χ4n) is 1.96. The number of benzene rings is 2. The Hall–Kier alpha value is -2.75. The fraction of sp³-hybridized carbons (Fsp3) is 0.0625. The van der Waals surface area contributed by atoms with Crippen LogP contribution in [0.15, 0.2) is 60.7 Å². The summed E-state index contributed by atoms with van der Waals surface area (Å²) in [4.78, 5) is 0. The number of nitrogens with zero attached hydrogens (tertiary/aromatic N) is 1. The predicted octanol–water partition coefficient (Wildman–Crippen LogP) is 3.24. The van der Waals surface area contributed by atoms with Crippen LogP contribution >= 0.6 is 0 Å². The van der Waals surface area contributed by atoms with Crippen LogP contribution < -0.4 is 10.5 Å². The molecule has 0 aliphatic rings. The first-order valence-corrected chi connectivity index (χ1v) is 6.39. The van der Waals surface area contributed by atoms with E-state index >= 15 is 0 Å². The molecule has 3 aromatic rings. The van der Waals surface area contributed by atoms with E-state index in [1.165, 1.54) is 0 Å². The van der Waals surface area contributed by atoms with Crippen molar-refractivity contribution >= 4 is 5.69 Å². The van der Waals surface area contributed by atoms with E-state index in [1.54, 1.807) is 6.07 Å². The van der Waals surface area contributed by atoms with Gasteiger partial charge in [0.15, 0.2) is 0 Å². The van der Waals surface area contributed by atoms with E-state index in [0.29, 0.717) is 12.3 Å². The average molecular weight is 265 g/mol. The maximum atomic E-state index is 5.71. The number of nitrogens with two attached hydrogens (primary N) is 1. The lowest BCUT2D eigenvalue weighted by Crippen LogP contribution is -1.96. The van der Waals surface area contributed by atoms with Gasteiger partial charge in [0.25, 0.3) is 0 Å². The Morgan fingerprint density at radius 3 is 2.65 bits per heavy atom. The Bertz CT molecular complexity index is 692. The molecule has 20 heavy (non-hydrogen) atoms. The van der Waals surface area contributed by atoms with E-state index in [2.05, 4.69) is 10.2 Å². The number of nitrogens with one attached hydrogen (secondary N) is 1. The van der Waals surface area contributed by atoms with Crippen LogP contribution in [0.2, 0.25) is 0 Å². The molecule has 3 N–H and O–H groups in total. The van der Waals surface area contributed by atoms with Crippen LogP contribution in [-0.2, 0) is 6.61 Å². The molecule has 1 heterocycles. The number of aromatic amines is 1. The van der Waals surface area contributed by atoms with E-state index in [-0.39, 0.29) is 0 Å². The number of H-pyrrole nitrogens is 1. The Morgan fingerprint density at radius 1 is 1.00 bits per heavy atom. The van der Waals surface area contributed by atoms with Crippen molar-refractivity contribution in [2.24, 2.45) is 0 Å². The molecule has 0 radical (unpaired) electrons. The van der Waals surface area contributed by atoms with Gasteiger partial charge < -0.3 is 10.5 Å². The van der Waals surface area contributed by atoms with Crippen LogP contribution in [0.5, 0.6) is 5.75 Å². The highest BCUT2D eigenvalue weighted by molar-refractivity contribution is 5.58. The van der Waals surface area contributed by atoms with Crippen LogP contribution in [0.1, 0.15) is 5.69 Å². The molecule has 3 rings (SSSR count). The van der Waals surface area contributed by atoms with E-state index in [9.17, 15) is 0 Å². The van der Waals surface area contributed by atoms with Gasteiger partial charge in [-0.15, -0.1) is 0 Å². The lowest BCUT2D eigenvalue weighted by atomic mass is 10.1. The van der Waals surface area contributed by atoms with Gasteiger partial charge in [-0.25, -0.2) is 0 Å². The van der Waals surface area contributed by atoms with E-state index in [1.807, 2.05) is 54.6 Å². The van der Waals surface area contributed by atoms with Gasteiger partial charge >= 0.3 is 0 Å². The molecule has 0 saturated carbocycles. The third-order valence-electron chi connectivity index (χ3n) is 2.95. The second kappa shape index (κ2) is 5.48. The molecule has 0 unspecified atom stereocenters. The molecule has 2 aromatic carbocycles. The zero-order chi connectivity index (χ0) is 13.8. The van der Waals surface area contributed by atoms with Crippen LogP contribution in [0, 0.1) is 0 Å². The highest BCUT2D eigenvalue weighted by atomic mass is 16.5. The highest BCUT2D eigenvalue weighted by Crippen LogP contribution is 2.19. The minimum absolute atomic E-state index is 0.434. The summed E-state index contributed by atoms with van der Waals surface area (Å²) in [6, 6.07) is 19.4. The number of rotatable bonds is 4. The van der Waals surface area contributed by atoms with Crippen molar-refractivity contribution in [3.63, 3.8) is 0 Å². The molecule has 4 heteroatoms. The molecule has 100 valence electrons. The minimum Gasteiger partial charge on any atom is -0.487 e. The van der Waals surface area contributed by atoms with Gasteiger partial charge in [0.1, 0.15) is 12.4 Å². The molecule has 0 bridgehead atoms. The Labute approximate surface area is 117 Å². The summed E-state index contributed by atoms with van der Waals surface area (Å²) in [5.41, 5.74) is 9.32. The van der Waals surface area contributed by atoms with Crippen LogP contribution in [0.4, 0.5) is 5.69 Å². The quantitative estimate of drug-likeness (QED) is 0.712. The van der Waals surface area contributed by atoms with E-state index < -0.39 is 0 Å². The molecule has 4 nitrogen and oxygen atoms in total. The smallest absolute Gasteiger partial charge is 0.130 e. The first-order chi connectivity index (χ1) is 9.81. The van der Waals surface area contributed by atoms with Gasteiger partial charge in [0.05, 0.1) is 11.4 Å². The first-order valence-electron chi connectivity index (χ1n) is 6.39. The third kappa shape index (κ3) is 2.80. The third-order valence-corrected chi connectivity index (χ3v) is 2.95. The summed E-state index contributed by atoms with van der Waals surface area (Å²) in [6.45, 7) is 0.434. The molecule has 0 spiro atoms. The van der Waals surface area contributed by atoms with E-state index in [0.717, 1.165) is 22.7 Å². The second-order valence-corrected chi connectivity index (χ2v) is 4.51. The largest absolute Gasteiger partial charge is 0.487 e. The van der Waals surface area contributed by atoms with E-state index in [4.69, 9.17) is 10.5 Å². The highest BCUT2D eigenvalue weighted by Gasteiger charge is 2.04. The average Bonchev–Trinajstić information content (AvgIpc) is 2.95. The molecule has 0 atom stereocenters. The zero-order valence-corrected chi connectivity index (χ0v) is 10.9. The van der Waals surface area contributed by atoms with Gasteiger partial charge in [0, 0.05) is 17.3 Å². The van der Waals surface area contributed by atoms with Crippen molar-refractivity contribution in [1.29, 1.82) is 0 Å². The Kier molecular flexibility index (Phi) is 3.37. The fourth-order valence-corrected chi connectivity index (χ4v) is 1.96. The lowest BCUT2D eigenvalue weighted by Gasteiger charge is -2.04. The Morgan fingerprint density at radius 2 is 1.85 bits per heavy atom. The molecule has 0 saturated heterocycles. The van der Waals surface area contributed by atoms with Crippen molar-refractivity contribution < 1.29 is 4.74 Å². The van der Waals surface area contributed by atoms with Gasteiger partial charge in [-0.2, -0.15) is 5.10 Å². The summed E-state index contributed by atoms with van der Waals surface area (Å²) >= 11 is 0. The first kappa shape index (κ1) is 12.3. The summed E-state index contributed by atoms with van der Waals surface area (Å²) in [5.74, 6) is 0.751. The van der Waals surface area contributed by atoms with Crippen LogP contribution in [0.3, 0.4) is 0 Å². The lowest BCUT2D eigenvalue weighted by molar-refractivity contribution is 0.301. The number of hydrogen-bond donors (Lipinski definition) is 2. The topological polar surface area (TPSA) is 63.9 Å². The zero-order valence-electron chi connectivity index (χ0n) is 10.9. The molecule has 0 aliphatic carbocycles. The standard InChI is InChI=1S/C16H15N3O/c17-13-7-4-8-15(9-13)20-11-14-10-16(19-18-14)12-5-2-1-3-6-12/h1-10H,11,17H2,(H,18,19). The monoisotopic (exact) mass is 265 g/mol. The van der Waals surface area contributed by atoms with Crippen molar-refractivity contribution in [3.8, 4) is 17.0 Å². The summed E-state index contributed by atoms with van der Waals surface area (Å²) in [5, 5.41) is 7.27. The normalized spacial score (nSPS) is 10.4. The number of anilines is 1. The maximum absolute atomic E-state index is 5.71. The number of hydrogen-bond acceptors (Lipinski definition) is 3. The number of aromatic nitrogens is 2. The van der Waals surface area contributed by atoms with Gasteiger partial charge in [0.2, 0.25) is 0 Å². The molecular formula is C16H15N3O. The number of ether oxygens (including phenoxy) is 1. The Balaban J connectivity index is 1.69. The van der Waals surface area contributed by atoms with Crippen molar-refractivity contribution in [1.82, 2.24) is 10.2 Å². The van der Waals surface area contributed by atoms with Gasteiger partial charge in [-0.3, -0.25) is 5.10 Å².